The predicted octanol–water partition coefficient (Wildman–Crippen LogP) is 3.15. The van der Waals surface area contributed by atoms with Crippen LogP contribution in [0.2, 0.25) is 0 Å². The number of hydrogen-bond donors (Lipinski definition) is 0. The van der Waals surface area contributed by atoms with Crippen molar-refractivity contribution < 1.29 is 9.26 Å². The van der Waals surface area contributed by atoms with Crippen molar-refractivity contribution in [3.63, 3.8) is 0 Å². The average Bonchev–Trinajstić information content (AvgIpc) is 2.13. The Morgan fingerprint density at radius 3 is 2.71 bits per heavy atom. The zero-order valence-electron chi connectivity index (χ0n) is 8.23. The molecule has 1 rings (SSSR count). The van der Waals surface area contributed by atoms with Crippen LogP contribution in [0.3, 0.4) is 0 Å². The molecule has 0 saturated carbocycles. The fourth-order valence-corrected chi connectivity index (χ4v) is 1.20. The molecule has 1 aromatic carbocycles. The summed E-state index contributed by atoms with van der Waals surface area (Å²) in [7, 11) is 2.23. The van der Waals surface area contributed by atoms with Gasteiger partial charge in [0.05, 0.1) is 13.2 Å². The molecule has 0 aliphatic heterocycles. The summed E-state index contributed by atoms with van der Waals surface area (Å²) in [6, 6.07) is 8.05. The summed E-state index contributed by atoms with van der Waals surface area (Å²) in [6.07, 6.45) is 0.914. The topological polar surface area (TPSA) is 18.5 Å². The summed E-state index contributed by atoms with van der Waals surface area (Å²) in [6.45, 7) is 3.48. The van der Waals surface area contributed by atoms with Crippen LogP contribution >= 0.6 is 26.4 Å². The van der Waals surface area contributed by atoms with Gasteiger partial charge in [-0.2, -0.15) is 0 Å². The molecule has 0 amide bonds. The molecule has 1 atom stereocenters. The van der Waals surface area contributed by atoms with Gasteiger partial charge in [0, 0.05) is 15.9 Å². The maximum atomic E-state index is 5.50. The maximum Gasteiger partial charge on any atom is 0.119 e. The summed E-state index contributed by atoms with van der Waals surface area (Å²) in [5, 5.41) is 0. The van der Waals surface area contributed by atoms with Crippen molar-refractivity contribution in [2.24, 2.45) is 0 Å². The molecule has 0 spiro atoms. The quantitative estimate of drug-likeness (QED) is 0.609. The molecule has 0 fully saturated rings. The van der Waals surface area contributed by atoms with Crippen molar-refractivity contribution >= 4 is 26.4 Å². The van der Waals surface area contributed by atoms with E-state index >= 15 is 0 Å². The van der Waals surface area contributed by atoms with Crippen molar-refractivity contribution in [3.05, 3.63) is 29.8 Å². The molecular formula is C10H16BrO2P. The van der Waals surface area contributed by atoms with Gasteiger partial charge in [-0.15, -0.1) is 17.0 Å². The van der Waals surface area contributed by atoms with E-state index in [9.17, 15) is 0 Å². The van der Waals surface area contributed by atoms with Crippen molar-refractivity contribution in [2.45, 2.75) is 13.3 Å². The Kier molecular flexibility index (Phi) is 8.15. The van der Waals surface area contributed by atoms with Gasteiger partial charge in [-0.1, -0.05) is 12.1 Å². The number of aryl methyl sites for hydroxylation is 1. The monoisotopic (exact) mass is 278 g/mol. The summed E-state index contributed by atoms with van der Waals surface area (Å²) in [5.41, 5.74) is 1.22. The largest absolute Gasteiger partial charge is 0.493 e. The van der Waals surface area contributed by atoms with Gasteiger partial charge in [-0.05, 0) is 24.6 Å². The van der Waals surface area contributed by atoms with E-state index < -0.39 is 0 Å². The summed E-state index contributed by atoms with van der Waals surface area (Å²) < 4.78 is 10.3. The lowest BCUT2D eigenvalue weighted by atomic mass is 10.2. The van der Waals surface area contributed by atoms with Crippen LogP contribution in [-0.2, 0) is 4.52 Å². The number of rotatable bonds is 5. The van der Waals surface area contributed by atoms with E-state index in [-0.39, 0.29) is 17.0 Å². The van der Waals surface area contributed by atoms with Gasteiger partial charge in [-0.25, -0.2) is 0 Å². The standard InChI is InChI=1S/C10H15O2P.BrH/c1-9-4-2-5-10(8-9)11-6-3-7-12-13;/h2,4-5,8H,3,6-7,13H2,1H3;1H. The van der Waals surface area contributed by atoms with E-state index in [4.69, 9.17) is 9.26 Å². The van der Waals surface area contributed by atoms with Crippen molar-refractivity contribution in [1.29, 1.82) is 0 Å². The second-order valence-electron chi connectivity index (χ2n) is 2.89. The maximum absolute atomic E-state index is 5.50. The zero-order chi connectivity index (χ0) is 9.52. The van der Waals surface area contributed by atoms with E-state index in [0.717, 1.165) is 18.8 Å². The molecule has 80 valence electrons. The zero-order valence-corrected chi connectivity index (χ0v) is 11.1. The first-order valence-electron chi connectivity index (χ1n) is 4.34. The molecule has 0 aliphatic rings. The molecule has 0 radical (unpaired) electrons. The number of ether oxygens (including phenoxy) is 1. The van der Waals surface area contributed by atoms with E-state index in [1.54, 1.807) is 0 Å². The molecule has 0 aromatic heterocycles. The smallest absolute Gasteiger partial charge is 0.119 e. The molecule has 0 heterocycles. The van der Waals surface area contributed by atoms with Crippen molar-refractivity contribution in [1.82, 2.24) is 0 Å². The lowest BCUT2D eigenvalue weighted by molar-refractivity contribution is 0.266. The lowest BCUT2D eigenvalue weighted by Crippen LogP contribution is -1.99. The summed E-state index contributed by atoms with van der Waals surface area (Å²) >= 11 is 0. The van der Waals surface area contributed by atoms with Crippen LogP contribution in [-0.4, -0.2) is 13.2 Å². The second-order valence-corrected chi connectivity index (χ2v) is 3.22. The van der Waals surface area contributed by atoms with Gasteiger partial charge in [0.2, 0.25) is 0 Å². The first kappa shape index (κ1) is 13.9. The van der Waals surface area contributed by atoms with E-state index in [2.05, 4.69) is 22.5 Å². The third-order valence-corrected chi connectivity index (χ3v) is 1.90. The Labute approximate surface area is 98.0 Å². The highest BCUT2D eigenvalue weighted by Gasteiger charge is 1.92. The van der Waals surface area contributed by atoms with E-state index in [0.29, 0.717) is 6.61 Å². The molecule has 0 aliphatic carbocycles. The van der Waals surface area contributed by atoms with E-state index in [1.807, 2.05) is 18.2 Å². The van der Waals surface area contributed by atoms with Crippen LogP contribution in [0.15, 0.2) is 24.3 Å². The van der Waals surface area contributed by atoms with Gasteiger partial charge in [0.15, 0.2) is 0 Å². The number of halogens is 1. The molecule has 1 aromatic rings. The molecule has 0 saturated heterocycles. The minimum Gasteiger partial charge on any atom is -0.493 e. The average molecular weight is 279 g/mol. The first-order valence-corrected chi connectivity index (χ1v) is 4.81. The highest BCUT2D eigenvalue weighted by molar-refractivity contribution is 8.93. The Morgan fingerprint density at radius 2 is 2.07 bits per heavy atom. The molecule has 0 N–H and O–H groups in total. The molecule has 14 heavy (non-hydrogen) atoms. The number of hydrogen-bond acceptors (Lipinski definition) is 2. The van der Waals surface area contributed by atoms with Crippen LogP contribution < -0.4 is 4.74 Å². The third-order valence-electron chi connectivity index (χ3n) is 1.66. The Balaban J connectivity index is 0.00000169. The SMILES string of the molecule is Br.Cc1cccc(OCCCOP)c1. The first-order chi connectivity index (χ1) is 6.33. The van der Waals surface area contributed by atoms with Crippen molar-refractivity contribution in [3.8, 4) is 5.75 Å². The second kappa shape index (κ2) is 8.22. The Hall–Kier alpha value is -0.110. The fourth-order valence-electron chi connectivity index (χ4n) is 1.04. The minimum atomic E-state index is 0. The highest BCUT2D eigenvalue weighted by atomic mass is 79.9. The van der Waals surface area contributed by atoms with Crippen LogP contribution in [0.1, 0.15) is 12.0 Å². The third kappa shape index (κ3) is 5.58. The van der Waals surface area contributed by atoms with Gasteiger partial charge >= 0.3 is 0 Å². The Morgan fingerprint density at radius 1 is 1.29 bits per heavy atom. The van der Waals surface area contributed by atoms with Gasteiger partial charge < -0.3 is 9.26 Å². The van der Waals surface area contributed by atoms with Gasteiger partial charge in [-0.3, -0.25) is 0 Å². The molecule has 2 nitrogen and oxygen atoms in total. The van der Waals surface area contributed by atoms with Crippen molar-refractivity contribution in [2.75, 3.05) is 13.2 Å². The van der Waals surface area contributed by atoms with Crippen LogP contribution in [0.5, 0.6) is 5.75 Å². The highest BCUT2D eigenvalue weighted by Crippen LogP contribution is 2.12. The van der Waals surface area contributed by atoms with E-state index in [1.165, 1.54) is 5.56 Å². The van der Waals surface area contributed by atoms with Gasteiger partial charge in [0.1, 0.15) is 5.75 Å². The normalized spacial score (nSPS) is 9.29. The molecule has 1 unspecified atom stereocenters. The summed E-state index contributed by atoms with van der Waals surface area (Å²) in [5.74, 6) is 0.934. The van der Waals surface area contributed by atoms with Crippen LogP contribution in [0.4, 0.5) is 0 Å². The van der Waals surface area contributed by atoms with Crippen LogP contribution in [0.25, 0.3) is 0 Å². The predicted molar refractivity (Wildman–Crippen MR) is 67.3 cm³/mol. The minimum absolute atomic E-state index is 0. The lowest BCUT2D eigenvalue weighted by Gasteiger charge is -2.05. The Bertz CT molecular complexity index is 256. The summed E-state index contributed by atoms with van der Waals surface area (Å²) in [4.78, 5) is 0. The molecule has 4 heteroatoms. The van der Waals surface area contributed by atoms with Gasteiger partial charge in [0.25, 0.3) is 0 Å². The molecular weight excluding hydrogens is 263 g/mol. The molecule has 0 bridgehead atoms. The fraction of sp³-hybridized carbons (Fsp3) is 0.400. The van der Waals surface area contributed by atoms with Crippen LogP contribution in [0, 0.1) is 6.92 Å². The number of benzene rings is 1.